The highest BCUT2D eigenvalue weighted by Gasteiger charge is 2.38. The maximum Gasteiger partial charge on any atom is 0.144 e. The van der Waals surface area contributed by atoms with Crippen molar-refractivity contribution in [3.05, 3.63) is 321 Å². The Balaban J connectivity index is 0.0000000974. The molecule has 0 radical (unpaired) electrons. The van der Waals surface area contributed by atoms with Crippen molar-refractivity contribution >= 4 is 228 Å². The molecule has 9 heterocycles. The molecule has 0 fully saturated rings. The van der Waals surface area contributed by atoms with E-state index in [1.54, 1.807) is 0 Å². The van der Waals surface area contributed by atoms with Crippen LogP contribution in [0.15, 0.2) is 332 Å². The van der Waals surface area contributed by atoms with Crippen LogP contribution in [0.2, 0.25) is 0 Å². The second kappa shape index (κ2) is 22.6. The predicted molar refractivity (Wildman–Crippen MR) is 440 cm³/mol. The van der Waals surface area contributed by atoms with Crippen molar-refractivity contribution < 1.29 is 13.3 Å². The SMILES string of the molecule is CC1(C)c2ccccc2N(c2cccc3sc4ccc5c6ccccc6oc5c4c23)c2ccccc21.c1ccc2c(c1)Sc1ccccc1N2c1cccc2sc3ccc4c5ccccc5oc4c3c12.c1ccc2c(c1)oc1c2ccc2sc3cccc(-n4c5ccccc5c5ccccc54)c3c21. The predicted octanol–water partition coefficient (Wildman–Crippen LogP) is 29.0. The number of furan rings is 3. The monoisotopic (exact) mass is 1390 g/mol. The first-order valence-corrected chi connectivity index (χ1v) is 38.0. The molecule has 0 saturated carbocycles. The quantitative estimate of drug-likeness (QED) is 0.176. The Morgan fingerprint density at radius 3 is 0.981 bits per heavy atom. The first kappa shape index (κ1) is 58.9. The van der Waals surface area contributed by atoms with Crippen molar-refractivity contribution in [2.75, 3.05) is 9.80 Å². The van der Waals surface area contributed by atoms with E-state index in [2.05, 4.69) is 319 Å². The molecule has 103 heavy (non-hydrogen) atoms. The molecule has 0 N–H and O–H groups in total. The molecular formula is C93H57N3O3S4. The number of hydrogen-bond acceptors (Lipinski definition) is 9. The zero-order valence-electron chi connectivity index (χ0n) is 55.6. The number of aromatic nitrogens is 1. The number of nitrogens with zero attached hydrogens (tertiary/aromatic N) is 3. The van der Waals surface area contributed by atoms with E-state index < -0.39 is 0 Å². The van der Waals surface area contributed by atoms with Gasteiger partial charge in [0.15, 0.2) is 0 Å². The molecule has 7 aromatic heterocycles. The van der Waals surface area contributed by atoms with Crippen LogP contribution in [-0.2, 0) is 5.41 Å². The maximum atomic E-state index is 6.53. The highest BCUT2D eigenvalue weighted by Crippen LogP contribution is 2.58. The number of anilines is 6. The summed E-state index contributed by atoms with van der Waals surface area (Å²) in [5, 5.41) is 17.0. The molecule has 0 bridgehead atoms. The van der Waals surface area contributed by atoms with Crippen LogP contribution in [0.25, 0.3) is 154 Å². The largest absolute Gasteiger partial charge is 0.455 e. The van der Waals surface area contributed by atoms with E-state index in [1.807, 2.05) is 64.0 Å². The minimum Gasteiger partial charge on any atom is -0.455 e. The van der Waals surface area contributed by atoms with E-state index in [4.69, 9.17) is 13.3 Å². The average molecular weight is 1390 g/mol. The van der Waals surface area contributed by atoms with Gasteiger partial charge in [-0.3, -0.25) is 0 Å². The fourth-order valence-corrected chi connectivity index (χ4v) is 21.3. The smallest absolute Gasteiger partial charge is 0.144 e. The third-order valence-electron chi connectivity index (χ3n) is 21.3. The van der Waals surface area contributed by atoms with E-state index in [-0.39, 0.29) is 5.41 Å². The Morgan fingerprint density at radius 1 is 0.243 bits per heavy atom. The van der Waals surface area contributed by atoms with Crippen LogP contribution in [0.5, 0.6) is 0 Å². The lowest BCUT2D eigenvalue weighted by atomic mass is 9.73. The van der Waals surface area contributed by atoms with E-state index in [1.165, 1.54) is 175 Å². The number of hydrogen-bond donors (Lipinski definition) is 0. The summed E-state index contributed by atoms with van der Waals surface area (Å²) in [6.07, 6.45) is 0. The molecule has 0 aliphatic carbocycles. The Labute approximate surface area is 606 Å². The molecule has 24 rings (SSSR count). The summed E-state index contributed by atoms with van der Waals surface area (Å²) in [7, 11) is 0. The topological polar surface area (TPSA) is 50.8 Å². The van der Waals surface area contributed by atoms with Gasteiger partial charge in [0.1, 0.15) is 33.5 Å². The first-order valence-electron chi connectivity index (χ1n) is 34.8. The highest BCUT2D eigenvalue weighted by molar-refractivity contribution is 7.99. The summed E-state index contributed by atoms with van der Waals surface area (Å²) in [4.78, 5) is 7.43. The van der Waals surface area contributed by atoms with Crippen molar-refractivity contribution in [1.29, 1.82) is 0 Å². The van der Waals surface area contributed by atoms with E-state index in [0.29, 0.717) is 0 Å². The molecule has 0 spiro atoms. The van der Waals surface area contributed by atoms with Crippen molar-refractivity contribution in [3.63, 3.8) is 0 Å². The van der Waals surface area contributed by atoms with Crippen LogP contribution in [0.3, 0.4) is 0 Å². The summed E-state index contributed by atoms with van der Waals surface area (Å²) < 4.78 is 29.5. The van der Waals surface area contributed by atoms with Gasteiger partial charge in [0.25, 0.3) is 0 Å². The minimum atomic E-state index is -0.0830. The molecule has 15 aromatic carbocycles. The van der Waals surface area contributed by atoms with Crippen molar-refractivity contribution in [1.82, 2.24) is 4.57 Å². The third-order valence-corrected chi connectivity index (χ3v) is 25.8. The number of rotatable bonds is 3. The van der Waals surface area contributed by atoms with Gasteiger partial charge in [0.05, 0.1) is 50.8 Å². The Kier molecular flexibility index (Phi) is 12.9. The minimum absolute atomic E-state index is 0.0830. The van der Waals surface area contributed by atoms with Gasteiger partial charge < -0.3 is 27.6 Å². The van der Waals surface area contributed by atoms with Crippen LogP contribution >= 0.6 is 45.8 Å². The van der Waals surface area contributed by atoms with E-state index >= 15 is 0 Å². The number of para-hydroxylation sites is 9. The van der Waals surface area contributed by atoms with Crippen molar-refractivity contribution in [3.8, 4) is 5.69 Å². The number of fused-ring (bicyclic) bond motifs is 28. The lowest BCUT2D eigenvalue weighted by molar-refractivity contribution is 0.632. The van der Waals surface area contributed by atoms with Crippen LogP contribution in [-0.4, -0.2) is 4.57 Å². The van der Waals surface area contributed by atoms with Crippen molar-refractivity contribution in [2.24, 2.45) is 0 Å². The number of thiophene rings is 3. The summed E-state index contributed by atoms with van der Waals surface area (Å²) in [6, 6.07) is 111. The van der Waals surface area contributed by atoms with Crippen LogP contribution in [0.4, 0.5) is 34.1 Å². The van der Waals surface area contributed by atoms with E-state index in [9.17, 15) is 0 Å². The molecular weight excluding hydrogens is 1340 g/mol. The molecule has 0 amide bonds. The first-order chi connectivity index (χ1) is 50.9. The Morgan fingerprint density at radius 2 is 0.553 bits per heavy atom. The molecule has 22 aromatic rings. The van der Waals surface area contributed by atoms with Gasteiger partial charge in [-0.2, -0.15) is 0 Å². The van der Waals surface area contributed by atoms with Gasteiger partial charge >= 0.3 is 0 Å². The molecule has 0 unspecified atom stereocenters. The zero-order chi connectivity index (χ0) is 67.8. The van der Waals surface area contributed by atoms with Gasteiger partial charge in [0, 0.05) is 119 Å². The summed E-state index contributed by atoms with van der Waals surface area (Å²) in [6.45, 7) is 4.67. The standard InChI is InChI=1S/C33H23NOS.C30H17NOS2.C30H17NOS/c1-33(2)22-11-4-6-13-24(22)34(25-14-7-5-12-23(25)33)26-15-9-17-28-30(26)31-29(36-28)19-18-21-20-10-3-8-16-27(20)35-32(21)31;1-4-12-23-18(8-1)19-16-17-27-29(30(19)32-23)28-22(11-7-15-26(28)34-27)31-20-9-2-5-13-24(20)33-25-14-6-3-10-21(25)31;1-4-11-22-18(8-1)19-9-2-5-12-23(19)31(22)24-13-7-15-26-28(24)29-27(33-26)17-16-21-20-10-3-6-14-25(20)32-30(21)29/h3-19H,1-2H3;1-17H;1-17H. The maximum absolute atomic E-state index is 6.53. The third kappa shape index (κ3) is 8.67. The second-order valence-electron chi connectivity index (χ2n) is 27.2. The Bertz CT molecular complexity index is 7170. The van der Waals surface area contributed by atoms with Gasteiger partial charge in [-0.1, -0.05) is 195 Å². The molecule has 486 valence electrons. The molecule has 0 saturated heterocycles. The highest BCUT2D eigenvalue weighted by atomic mass is 32.2. The fraction of sp³-hybridized carbons (Fsp3) is 0.0323. The fourth-order valence-electron chi connectivity index (χ4n) is 16.8. The van der Waals surface area contributed by atoms with Gasteiger partial charge in [-0.25, -0.2) is 0 Å². The summed E-state index contributed by atoms with van der Waals surface area (Å²) >= 11 is 7.35. The second-order valence-corrected chi connectivity index (χ2v) is 31.6. The summed E-state index contributed by atoms with van der Waals surface area (Å²) in [5.41, 5.74) is 19.3. The average Bonchev–Trinajstić information content (AvgIpc) is 1.71. The molecule has 10 heteroatoms. The van der Waals surface area contributed by atoms with Crippen LogP contribution < -0.4 is 9.80 Å². The lowest BCUT2D eigenvalue weighted by Crippen LogP contribution is -2.30. The van der Waals surface area contributed by atoms with Crippen LogP contribution in [0.1, 0.15) is 25.0 Å². The molecule has 6 nitrogen and oxygen atoms in total. The Hall–Kier alpha value is -11.9. The van der Waals surface area contributed by atoms with E-state index in [0.717, 1.165) is 33.5 Å². The number of benzene rings is 15. The molecule has 0 atom stereocenters. The van der Waals surface area contributed by atoms with Gasteiger partial charge in [-0.15, -0.1) is 34.0 Å². The summed E-state index contributed by atoms with van der Waals surface area (Å²) in [5.74, 6) is 0. The lowest BCUT2D eigenvalue weighted by Gasteiger charge is -2.42. The van der Waals surface area contributed by atoms with Gasteiger partial charge in [-0.05, 0) is 151 Å². The normalized spacial score (nSPS) is 13.3. The zero-order valence-corrected chi connectivity index (χ0v) is 58.9. The van der Waals surface area contributed by atoms with Gasteiger partial charge in [0.2, 0.25) is 0 Å². The molecule has 2 aliphatic heterocycles. The van der Waals surface area contributed by atoms with Crippen molar-refractivity contribution in [2.45, 2.75) is 29.1 Å². The van der Waals surface area contributed by atoms with Crippen LogP contribution in [0, 0.1) is 0 Å². The molecule has 2 aliphatic rings.